The summed E-state index contributed by atoms with van der Waals surface area (Å²) in [4.78, 5) is 0. The van der Waals surface area contributed by atoms with Gasteiger partial charge in [0.2, 0.25) is 0 Å². The third-order valence-corrected chi connectivity index (χ3v) is 2.90. The summed E-state index contributed by atoms with van der Waals surface area (Å²) in [5, 5.41) is 9.71. The minimum Gasteiger partial charge on any atom is -0.496 e. The van der Waals surface area contributed by atoms with Crippen molar-refractivity contribution in [2.75, 3.05) is 7.11 Å². The van der Waals surface area contributed by atoms with Crippen molar-refractivity contribution in [3.8, 4) is 11.5 Å². The Kier molecular flexibility index (Phi) is 4.42. The molecule has 0 saturated heterocycles. The monoisotopic (exact) mass is 258 g/mol. The Hall–Kier alpha value is -2.00. The van der Waals surface area contributed by atoms with E-state index in [4.69, 9.17) is 9.47 Å². The zero-order valence-corrected chi connectivity index (χ0v) is 11.2. The number of benzene rings is 2. The van der Waals surface area contributed by atoms with E-state index in [1.165, 1.54) is 0 Å². The second-order valence-corrected chi connectivity index (χ2v) is 4.35. The van der Waals surface area contributed by atoms with E-state index in [0.717, 1.165) is 16.9 Å². The highest BCUT2D eigenvalue weighted by Crippen LogP contribution is 2.29. The van der Waals surface area contributed by atoms with E-state index >= 15 is 0 Å². The molecule has 3 heteroatoms. The van der Waals surface area contributed by atoms with Crippen LogP contribution in [0.15, 0.2) is 48.5 Å². The first-order valence-electron chi connectivity index (χ1n) is 6.23. The summed E-state index contributed by atoms with van der Waals surface area (Å²) in [5.41, 5.74) is 1.84. The molecule has 0 spiro atoms. The Morgan fingerprint density at radius 2 is 1.84 bits per heavy atom. The molecule has 2 rings (SSSR count). The van der Waals surface area contributed by atoms with Gasteiger partial charge >= 0.3 is 0 Å². The molecule has 2 aromatic carbocycles. The van der Waals surface area contributed by atoms with E-state index in [2.05, 4.69) is 0 Å². The lowest BCUT2D eigenvalue weighted by atomic mass is 10.1. The first kappa shape index (κ1) is 13.4. The average Bonchev–Trinajstić information content (AvgIpc) is 2.46. The van der Waals surface area contributed by atoms with Crippen LogP contribution >= 0.6 is 0 Å². The van der Waals surface area contributed by atoms with Gasteiger partial charge in [-0.25, -0.2) is 0 Å². The van der Waals surface area contributed by atoms with Crippen LogP contribution in [0.4, 0.5) is 0 Å². The Balaban J connectivity index is 2.11. The van der Waals surface area contributed by atoms with Crippen LogP contribution in [0.3, 0.4) is 0 Å². The second-order valence-electron chi connectivity index (χ2n) is 4.35. The van der Waals surface area contributed by atoms with E-state index in [1.54, 1.807) is 14.0 Å². The number of hydrogen-bond donors (Lipinski definition) is 1. The number of aliphatic hydroxyl groups excluding tert-OH is 1. The van der Waals surface area contributed by atoms with Gasteiger partial charge in [-0.05, 0) is 30.7 Å². The van der Waals surface area contributed by atoms with E-state index < -0.39 is 6.10 Å². The van der Waals surface area contributed by atoms with Gasteiger partial charge in [0.25, 0.3) is 0 Å². The molecule has 0 aliphatic rings. The molecular formula is C16H18O3. The number of rotatable bonds is 5. The Morgan fingerprint density at radius 3 is 2.47 bits per heavy atom. The highest BCUT2D eigenvalue weighted by atomic mass is 16.5. The molecule has 1 atom stereocenters. The van der Waals surface area contributed by atoms with E-state index in [-0.39, 0.29) is 0 Å². The maximum atomic E-state index is 9.71. The van der Waals surface area contributed by atoms with Gasteiger partial charge in [-0.1, -0.05) is 30.3 Å². The molecule has 3 nitrogen and oxygen atoms in total. The molecule has 0 amide bonds. The fraction of sp³-hybridized carbons (Fsp3) is 0.250. The lowest BCUT2D eigenvalue weighted by molar-refractivity contribution is 0.193. The van der Waals surface area contributed by atoms with E-state index in [9.17, 15) is 5.11 Å². The topological polar surface area (TPSA) is 38.7 Å². The first-order valence-corrected chi connectivity index (χ1v) is 6.23. The first-order chi connectivity index (χ1) is 9.20. The molecule has 0 radical (unpaired) electrons. The van der Waals surface area contributed by atoms with Gasteiger partial charge in [-0.3, -0.25) is 0 Å². The van der Waals surface area contributed by atoms with Crippen molar-refractivity contribution in [1.82, 2.24) is 0 Å². The van der Waals surface area contributed by atoms with Crippen LogP contribution < -0.4 is 9.47 Å². The largest absolute Gasteiger partial charge is 0.496 e. The Bertz CT molecular complexity index is 521. The molecule has 2 aromatic rings. The van der Waals surface area contributed by atoms with Gasteiger partial charge in [-0.15, -0.1) is 0 Å². The molecule has 1 N–H and O–H groups in total. The van der Waals surface area contributed by atoms with Gasteiger partial charge in [0.05, 0.1) is 13.2 Å². The summed E-state index contributed by atoms with van der Waals surface area (Å²) in [5.74, 6) is 1.39. The zero-order chi connectivity index (χ0) is 13.7. The normalized spacial score (nSPS) is 11.9. The van der Waals surface area contributed by atoms with Gasteiger partial charge in [0.1, 0.15) is 18.1 Å². The van der Waals surface area contributed by atoms with Crippen LogP contribution in [0, 0.1) is 0 Å². The SMILES string of the molecule is COc1ccc(OCc2ccccc2)cc1C(C)O. The quantitative estimate of drug-likeness (QED) is 0.894. The lowest BCUT2D eigenvalue weighted by Gasteiger charge is -2.13. The minimum absolute atomic E-state index is 0.506. The van der Waals surface area contributed by atoms with E-state index in [1.807, 2.05) is 48.5 Å². The van der Waals surface area contributed by atoms with Gasteiger partial charge in [0.15, 0.2) is 0 Å². The van der Waals surface area contributed by atoms with Crippen molar-refractivity contribution >= 4 is 0 Å². The predicted molar refractivity (Wildman–Crippen MR) is 74.4 cm³/mol. The standard InChI is InChI=1S/C16H18O3/c1-12(17)15-10-14(8-9-16(15)18-2)19-11-13-6-4-3-5-7-13/h3-10,12,17H,11H2,1-2H3. The Labute approximate surface area is 113 Å². The van der Waals surface area contributed by atoms with Gasteiger partial charge in [-0.2, -0.15) is 0 Å². The molecule has 0 saturated carbocycles. The predicted octanol–water partition coefficient (Wildman–Crippen LogP) is 3.33. The van der Waals surface area contributed by atoms with Gasteiger partial charge in [0, 0.05) is 5.56 Å². The van der Waals surface area contributed by atoms with Crippen molar-refractivity contribution in [1.29, 1.82) is 0 Å². The third kappa shape index (κ3) is 3.48. The van der Waals surface area contributed by atoms with Crippen LogP contribution in [0.1, 0.15) is 24.2 Å². The molecule has 0 aliphatic heterocycles. The molecule has 19 heavy (non-hydrogen) atoms. The van der Waals surface area contributed by atoms with Crippen molar-refractivity contribution in [3.63, 3.8) is 0 Å². The van der Waals surface area contributed by atoms with Crippen LogP contribution in [-0.2, 0) is 6.61 Å². The van der Waals surface area contributed by atoms with Crippen molar-refractivity contribution in [2.24, 2.45) is 0 Å². The van der Waals surface area contributed by atoms with E-state index in [0.29, 0.717) is 12.4 Å². The Morgan fingerprint density at radius 1 is 1.11 bits per heavy atom. The summed E-state index contributed by atoms with van der Waals surface area (Å²) in [6.45, 7) is 2.21. The van der Waals surface area contributed by atoms with Crippen LogP contribution in [0.2, 0.25) is 0 Å². The number of aliphatic hydroxyl groups is 1. The number of ether oxygens (including phenoxy) is 2. The zero-order valence-electron chi connectivity index (χ0n) is 11.2. The molecular weight excluding hydrogens is 240 g/mol. The molecule has 0 bridgehead atoms. The third-order valence-electron chi connectivity index (χ3n) is 2.90. The molecule has 0 heterocycles. The summed E-state index contributed by atoms with van der Waals surface area (Å²) in [6.07, 6.45) is -0.588. The lowest BCUT2D eigenvalue weighted by Crippen LogP contribution is -1.99. The fourth-order valence-corrected chi connectivity index (χ4v) is 1.87. The maximum absolute atomic E-state index is 9.71. The smallest absolute Gasteiger partial charge is 0.124 e. The molecule has 0 aliphatic carbocycles. The summed E-state index contributed by atoms with van der Waals surface area (Å²) in [6, 6.07) is 15.4. The van der Waals surface area contributed by atoms with Crippen LogP contribution in [-0.4, -0.2) is 12.2 Å². The van der Waals surface area contributed by atoms with Crippen LogP contribution in [0.25, 0.3) is 0 Å². The highest BCUT2D eigenvalue weighted by molar-refractivity contribution is 5.41. The summed E-state index contributed by atoms with van der Waals surface area (Å²) < 4.78 is 10.9. The minimum atomic E-state index is -0.588. The maximum Gasteiger partial charge on any atom is 0.124 e. The highest BCUT2D eigenvalue weighted by Gasteiger charge is 2.10. The molecule has 0 fully saturated rings. The molecule has 100 valence electrons. The molecule has 1 unspecified atom stereocenters. The van der Waals surface area contributed by atoms with Crippen molar-refractivity contribution in [3.05, 3.63) is 59.7 Å². The summed E-state index contributed by atoms with van der Waals surface area (Å²) >= 11 is 0. The summed E-state index contributed by atoms with van der Waals surface area (Å²) in [7, 11) is 1.59. The average molecular weight is 258 g/mol. The van der Waals surface area contributed by atoms with Gasteiger partial charge < -0.3 is 14.6 Å². The van der Waals surface area contributed by atoms with Crippen LogP contribution in [0.5, 0.6) is 11.5 Å². The fourth-order valence-electron chi connectivity index (χ4n) is 1.87. The van der Waals surface area contributed by atoms with Crippen molar-refractivity contribution in [2.45, 2.75) is 19.6 Å². The number of methoxy groups -OCH3 is 1. The molecule has 0 aromatic heterocycles. The second kappa shape index (κ2) is 6.25. The van der Waals surface area contributed by atoms with Crippen molar-refractivity contribution < 1.29 is 14.6 Å². The number of hydrogen-bond acceptors (Lipinski definition) is 3.